The molecule has 0 aliphatic rings. The third-order valence-electron chi connectivity index (χ3n) is 3.67. The molecular weight excluding hydrogens is 255 g/mol. The highest BCUT2D eigenvalue weighted by molar-refractivity contribution is 5.99. The fraction of sp³-hybridized carbons (Fsp3) is 0.562. The number of amides is 1. The maximum absolute atomic E-state index is 13.9. The second kappa shape index (κ2) is 7.88. The summed E-state index contributed by atoms with van der Waals surface area (Å²) < 4.78 is 13.9. The third-order valence-corrected chi connectivity index (χ3v) is 3.67. The van der Waals surface area contributed by atoms with E-state index in [-0.39, 0.29) is 17.8 Å². The number of nitrogens with one attached hydrogen (secondary N) is 2. The molecule has 0 saturated carbocycles. The van der Waals surface area contributed by atoms with Gasteiger partial charge < -0.3 is 10.6 Å². The molecule has 0 aliphatic heterocycles. The smallest absolute Gasteiger partial charge is 0.253 e. The van der Waals surface area contributed by atoms with E-state index in [9.17, 15) is 9.18 Å². The second-order valence-electron chi connectivity index (χ2n) is 5.24. The van der Waals surface area contributed by atoms with Gasteiger partial charge in [-0.2, -0.15) is 0 Å². The summed E-state index contributed by atoms with van der Waals surface area (Å²) >= 11 is 0. The van der Waals surface area contributed by atoms with E-state index in [1.165, 1.54) is 6.07 Å². The molecule has 0 saturated heterocycles. The zero-order valence-corrected chi connectivity index (χ0v) is 12.8. The molecule has 0 heterocycles. The molecule has 0 fully saturated rings. The molecule has 1 rings (SSSR count). The highest BCUT2D eigenvalue weighted by atomic mass is 19.1. The summed E-state index contributed by atoms with van der Waals surface area (Å²) in [7, 11) is 0. The van der Waals surface area contributed by atoms with Crippen LogP contribution in [0.3, 0.4) is 0 Å². The summed E-state index contributed by atoms with van der Waals surface area (Å²) in [6.45, 7) is 8.79. The standard InChI is InChI=1S/C16H25FN2O/c1-5-10-18-15-13(8-7-9-14(15)17)16(20)19-12(4)11(3)6-2/h7-9,11-12,18H,5-6,10H2,1-4H3,(H,19,20). The number of halogens is 1. The lowest BCUT2D eigenvalue weighted by molar-refractivity contribution is 0.0928. The van der Waals surface area contributed by atoms with Crippen LogP contribution < -0.4 is 10.6 Å². The van der Waals surface area contributed by atoms with Crippen LogP contribution in [-0.4, -0.2) is 18.5 Å². The first-order valence-electron chi connectivity index (χ1n) is 7.34. The second-order valence-corrected chi connectivity index (χ2v) is 5.24. The number of benzene rings is 1. The van der Waals surface area contributed by atoms with Crippen LogP contribution in [0.1, 0.15) is 50.9 Å². The highest BCUT2D eigenvalue weighted by Gasteiger charge is 2.18. The quantitative estimate of drug-likeness (QED) is 0.797. The number of rotatable bonds is 7. The number of hydrogen-bond acceptors (Lipinski definition) is 2. The van der Waals surface area contributed by atoms with Crippen molar-refractivity contribution in [2.45, 2.75) is 46.6 Å². The van der Waals surface area contributed by atoms with Crippen molar-refractivity contribution in [2.75, 3.05) is 11.9 Å². The molecule has 1 aromatic carbocycles. The van der Waals surface area contributed by atoms with Crippen molar-refractivity contribution < 1.29 is 9.18 Å². The Balaban J connectivity index is 2.89. The zero-order valence-electron chi connectivity index (χ0n) is 12.8. The molecule has 20 heavy (non-hydrogen) atoms. The Bertz CT molecular complexity index is 448. The molecule has 2 atom stereocenters. The third kappa shape index (κ3) is 4.22. The molecule has 0 aromatic heterocycles. The number of hydrogen-bond donors (Lipinski definition) is 2. The fourth-order valence-electron chi connectivity index (χ4n) is 1.92. The van der Waals surface area contributed by atoms with Gasteiger partial charge in [-0.3, -0.25) is 4.79 Å². The maximum Gasteiger partial charge on any atom is 0.253 e. The van der Waals surface area contributed by atoms with E-state index in [0.29, 0.717) is 23.7 Å². The minimum atomic E-state index is -0.387. The van der Waals surface area contributed by atoms with Crippen molar-refractivity contribution in [3.63, 3.8) is 0 Å². The topological polar surface area (TPSA) is 41.1 Å². The summed E-state index contributed by atoms with van der Waals surface area (Å²) in [5, 5.41) is 5.94. The van der Waals surface area contributed by atoms with Crippen molar-refractivity contribution in [2.24, 2.45) is 5.92 Å². The zero-order chi connectivity index (χ0) is 15.1. The van der Waals surface area contributed by atoms with Gasteiger partial charge in [0.2, 0.25) is 0 Å². The van der Waals surface area contributed by atoms with Gasteiger partial charge in [-0.25, -0.2) is 4.39 Å². The van der Waals surface area contributed by atoms with E-state index in [1.54, 1.807) is 12.1 Å². The van der Waals surface area contributed by atoms with Crippen LogP contribution in [0.4, 0.5) is 10.1 Å². The van der Waals surface area contributed by atoms with E-state index >= 15 is 0 Å². The molecule has 2 N–H and O–H groups in total. The van der Waals surface area contributed by atoms with Gasteiger partial charge in [-0.1, -0.05) is 33.3 Å². The van der Waals surface area contributed by atoms with Crippen molar-refractivity contribution in [3.8, 4) is 0 Å². The Kier molecular flexibility index (Phi) is 6.49. The van der Waals surface area contributed by atoms with E-state index in [4.69, 9.17) is 0 Å². The molecule has 2 unspecified atom stereocenters. The Morgan fingerprint density at radius 3 is 2.60 bits per heavy atom. The van der Waals surface area contributed by atoms with Gasteiger partial charge in [0.1, 0.15) is 5.82 Å². The first-order chi connectivity index (χ1) is 9.51. The number of anilines is 1. The van der Waals surface area contributed by atoms with Gasteiger partial charge in [-0.05, 0) is 31.4 Å². The van der Waals surface area contributed by atoms with Gasteiger partial charge in [0.15, 0.2) is 0 Å². The van der Waals surface area contributed by atoms with Gasteiger partial charge in [0.05, 0.1) is 11.3 Å². The molecule has 4 heteroatoms. The van der Waals surface area contributed by atoms with E-state index in [2.05, 4.69) is 24.5 Å². The normalized spacial score (nSPS) is 13.7. The first-order valence-corrected chi connectivity index (χ1v) is 7.34. The first kappa shape index (κ1) is 16.5. The Morgan fingerprint density at radius 1 is 1.30 bits per heavy atom. The SMILES string of the molecule is CCCNc1c(F)cccc1C(=O)NC(C)C(C)CC. The molecule has 0 spiro atoms. The van der Waals surface area contributed by atoms with Crippen LogP contribution >= 0.6 is 0 Å². The summed E-state index contributed by atoms with van der Waals surface area (Å²) in [6.07, 6.45) is 1.87. The van der Waals surface area contributed by atoms with Gasteiger partial charge in [-0.15, -0.1) is 0 Å². The van der Waals surface area contributed by atoms with Crippen LogP contribution in [-0.2, 0) is 0 Å². The average molecular weight is 280 g/mol. The number of para-hydroxylation sites is 1. The molecule has 0 bridgehead atoms. The van der Waals surface area contributed by atoms with Crippen LogP contribution in [0.2, 0.25) is 0 Å². The van der Waals surface area contributed by atoms with Crippen molar-refractivity contribution in [1.82, 2.24) is 5.32 Å². The Hall–Kier alpha value is -1.58. The largest absolute Gasteiger partial charge is 0.382 e. The maximum atomic E-state index is 13.9. The predicted molar refractivity (Wildman–Crippen MR) is 81.6 cm³/mol. The molecule has 0 aliphatic carbocycles. The van der Waals surface area contributed by atoms with Crippen LogP contribution in [0.25, 0.3) is 0 Å². The minimum absolute atomic E-state index is 0.0646. The molecule has 112 valence electrons. The number of carbonyl (C=O) groups is 1. The lowest BCUT2D eigenvalue weighted by atomic mass is 10.0. The lowest BCUT2D eigenvalue weighted by Gasteiger charge is -2.21. The highest BCUT2D eigenvalue weighted by Crippen LogP contribution is 2.20. The van der Waals surface area contributed by atoms with E-state index in [1.807, 2.05) is 13.8 Å². The summed E-state index contributed by atoms with van der Waals surface area (Å²) in [5.41, 5.74) is 0.664. The minimum Gasteiger partial charge on any atom is -0.382 e. The Morgan fingerprint density at radius 2 is 2.00 bits per heavy atom. The summed E-state index contributed by atoms with van der Waals surface area (Å²) in [6, 6.07) is 4.65. The molecule has 0 radical (unpaired) electrons. The van der Waals surface area contributed by atoms with Crippen molar-refractivity contribution in [3.05, 3.63) is 29.6 Å². The van der Waals surface area contributed by atoms with Crippen LogP contribution in [0.5, 0.6) is 0 Å². The average Bonchev–Trinajstić information content (AvgIpc) is 2.44. The predicted octanol–water partition coefficient (Wildman–Crippen LogP) is 3.81. The molecule has 1 aromatic rings. The fourth-order valence-corrected chi connectivity index (χ4v) is 1.92. The lowest BCUT2D eigenvalue weighted by Crippen LogP contribution is -2.37. The van der Waals surface area contributed by atoms with E-state index in [0.717, 1.165) is 12.8 Å². The molecular formula is C16H25FN2O. The van der Waals surface area contributed by atoms with Gasteiger partial charge in [0, 0.05) is 12.6 Å². The van der Waals surface area contributed by atoms with Crippen LogP contribution in [0, 0.1) is 11.7 Å². The summed E-state index contributed by atoms with van der Waals surface area (Å²) in [4.78, 5) is 12.3. The number of carbonyl (C=O) groups excluding carboxylic acids is 1. The van der Waals surface area contributed by atoms with Crippen LogP contribution in [0.15, 0.2) is 18.2 Å². The van der Waals surface area contributed by atoms with Gasteiger partial charge >= 0.3 is 0 Å². The Labute approximate surface area is 121 Å². The van der Waals surface area contributed by atoms with Crippen molar-refractivity contribution >= 4 is 11.6 Å². The van der Waals surface area contributed by atoms with Gasteiger partial charge in [0.25, 0.3) is 5.91 Å². The summed E-state index contributed by atoms with van der Waals surface area (Å²) in [5.74, 6) is -0.224. The van der Waals surface area contributed by atoms with Crippen molar-refractivity contribution in [1.29, 1.82) is 0 Å². The molecule has 3 nitrogen and oxygen atoms in total. The monoisotopic (exact) mass is 280 g/mol. The molecule has 1 amide bonds. The van der Waals surface area contributed by atoms with E-state index < -0.39 is 0 Å².